The molecule has 1 aromatic rings. The van der Waals surface area contributed by atoms with Crippen LogP contribution < -0.4 is 0 Å². The van der Waals surface area contributed by atoms with E-state index in [0.29, 0.717) is 5.92 Å². The zero-order valence-electron chi connectivity index (χ0n) is 11.4. The van der Waals surface area contributed by atoms with Crippen molar-refractivity contribution in [2.75, 3.05) is 0 Å². The first kappa shape index (κ1) is 12.8. The molecule has 94 valence electrons. The molecule has 1 aromatic carbocycles. The van der Waals surface area contributed by atoms with E-state index in [-0.39, 0.29) is 5.78 Å². The van der Waals surface area contributed by atoms with Crippen molar-refractivity contribution in [3.05, 3.63) is 52.6 Å². The molecule has 2 rings (SSSR count). The van der Waals surface area contributed by atoms with E-state index in [0.717, 1.165) is 35.1 Å². The second-order valence-corrected chi connectivity index (χ2v) is 5.26. The lowest BCUT2D eigenvalue weighted by Gasteiger charge is -2.24. The van der Waals surface area contributed by atoms with Crippen molar-refractivity contribution in [3.8, 4) is 0 Å². The summed E-state index contributed by atoms with van der Waals surface area (Å²) in [6.45, 7) is 6.21. The maximum absolute atomic E-state index is 12.5. The van der Waals surface area contributed by atoms with Crippen molar-refractivity contribution < 1.29 is 4.79 Å². The number of hydrogen-bond acceptors (Lipinski definition) is 1. The van der Waals surface area contributed by atoms with Crippen molar-refractivity contribution in [2.45, 2.75) is 33.6 Å². The summed E-state index contributed by atoms with van der Waals surface area (Å²) in [6, 6.07) is 10.1. The topological polar surface area (TPSA) is 17.1 Å². The van der Waals surface area contributed by atoms with Crippen LogP contribution in [0.2, 0.25) is 0 Å². The Kier molecular flexibility index (Phi) is 3.81. The molecule has 1 aliphatic rings. The summed E-state index contributed by atoms with van der Waals surface area (Å²) >= 11 is 0. The summed E-state index contributed by atoms with van der Waals surface area (Å²) in [5.41, 5.74) is 4.24. The monoisotopic (exact) mass is 240 g/mol. The standard InChI is InChI=1S/C17H20O/c1-12(2)15-10-9-13(3)16(17(15)18)11-14-7-5-4-6-8-14/h4-8,11,13H,9-10H2,1-3H3/b16-11+/t13-/m0/s1. The first-order valence-electron chi connectivity index (χ1n) is 6.57. The van der Waals surface area contributed by atoms with E-state index < -0.39 is 0 Å². The highest BCUT2D eigenvalue weighted by Gasteiger charge is 2.26. The van der Waals surface area contributed by atoms with Gasteiger partial charge in [-0.15, -0.1) is 0 Å². The summed E-state index contributed by atoms with van der Waals surface area (Å²) in [5.74, 6) is 0.610. The van der Waals surface area contributed by atoms with Crippen molar-refractivity contribution in [1.82, 2.24) is 0 Å². The fourth-order valence-corrected chi connectivity index (χ4v) is 2.44. The molecule has 0 aromatic heterocycles. The predicted molar refractivity (Wildman–Crippen MR) is 76.2 cm³/mol. The predicted octanol–water partition coefficient (Wildman–Crippen LogP) is 4.41. The molecule has 1 fully saturated rings. The number of carbonyl (C=O) groups is 1. The minimum absolute atomic E-state index is 0.248. The molecule has 0 bridgehead atoms. The van der Waals surface area contributed by atoms with Crippen LogP contribution in [0.25, 0.3) is 6.08 Å². The Hall–Kier alpha value is -1.63. The summed E-state index contributed by atoms with van der Waals surface area (Å²) in [5, 5.41) is 0. The summed E-state index contributed by atoms with van der Waals surface area (Å²) in [7, 11) is 0. The smallest absolute Gasteiger partial charge is 0.185 e. The van der Waals surface area contributed by atoms with Gasteiger partial charge in [0.1, 0.15) is 0 Å². The molecule has 0 N–H and O–H groups in total. The Morgan fingerprint density at radius 1 is 1.22 bits per heavy atom. The van der Waals surface area contributed by atoms with Gasteiger partial charge in [-0.3, -0.25) is 4.79 Å². The van der Waals surface area contributed by atoms with Gasteiger partial charge in [0.25, 0.3) is 0 Å². The number of carbonyl (C=O) groups excluding carboxylic acids is 1. The molecule has 0 spiro atoms. The van der Waals surface area contributed by atoms with E-state index in [2.05, 4.69) is 13.0 Å². The lowest BCUT2D eigenvalue weighted by atomic mass is 9.79. The molecule has 0 amide bonds. The van der Waals surface area contributed by atoms with E-state index in [1.165, 1.54) is 0 Å². The van der Waals surface area contributed by atoms with Crippen molar-refractivity contribution in [3.63, 3.8) is 0 Å². The van der Waals surface area contributed by atoms with Crippen LogP contribution in [0.15, 0.2) is 47.1 Å². The third-order valence-electron chi connectivity index (χ3n) is 3.62. The van der Waals surface area contributed by atoms with Gasteiger partial charge in [-0.2, -0.15) is 0 Å². The number of Topliss-reactive ketones (excluding diaryl/α,β-unsaturated/α-hetero) is 1. The van der Waals surface area contributed by atoms with Gasteiger partial charge >= 0.3 is 0 Å². The van der Waals surface area contributed by atoms with Gasteiger partial charge in [-0.1, -0.05) is 42.8 Å². The second kappa shape index (κ2) is 5.34. The molecule has 18 heavy (non-hydrogen) atoms. The highest BCUT2D eigenvalue weighted by molar-refractivity contribution is 6.12. The van der Waals surface area contributed by atoms with E-state index in [1.807, 2.05) is 44.2 Å². The van der Waals surface area contributed by atoms with Gasteiger partial charge < -0.3 is 0 Å². The Labute approximate surface area is 109 Å². The summed E-state index contributed by atoms with van der Waals surface area (Å²) in [4.78, 5) is 12.5. The average molecular weight is 240 g/mol. The Morgan fingerprint density at radius 2 is 1.89 bits per heavy atom. The molecule has 0 saturated heterocycles. The first-order chi connectivity index (χ1) is 8.59. The molecule has 1 saturated carbocycles. The summed E-state index contributed by atoms with van der Waals surface area (Å²) in [6.07, 6.45) is 4.05. The average Bonchev–Trinajstić information content (AvgIpc) is 2.35. The van der Waals surface area contributed by atoms with Crippen LogP contribution in [0.1, 0.15) is 39.2 Å². The Bertz CT molecular complexity index is 502. The van der Waals surface area contributed by atoms with Crippen LogP contribution in [0.5, 0.6) is 0 Å². The molecular weight excluding hydrogens is 220 g/mol. The van der Waals surface area contributed by atoms with Crippen molar-refractivity contribution in [2.24, 2.45) is 5.92 Å². The van der Waals surface area contributed by atoms with Crippen LogP contribution in [0, 0.1) is 5.92 Å². The molecular formula is C17H20O. The number of benzene rings is 1. The molecule has 0 radical (unpaired) electrons. The van der Waals surface area contributed by atoms with Crippen LogP contribution in [-0.4, -0.2) is 5.78 Å². The van der Waals surface area contributed by atoms with Crippen molar-refractivity contribution >= 4 is 11.9 Å². The number of rotatable bonds is 1. The van der Waals surface area contributed by atoms with E-state index >= 15 is 0 Å². The molecule has 0 unspecified atom stereocenters. The lowest BCUT2D eigenvalue weighted by molar-refractivity contribution is -0.113. The Morgan fingerprint density at radius 3 is 2.50 bits per heavy atom. The van der Waals surface area contributed by atoms with Crippen molar-refractivity contribution in [1.29, 1.82) is 0 Å². The Balaban J connectivity index is 2.39. The highest BCUT2D eigenvalue weighted by atomic mass is 16.1. The van der Waals surface area contributed by atoms with Crippen LogP contribution in [-0.2, 0) is 4.79 Å². The van der Waals surface area contributed by atoms with Crippen LogP contribution in [0.3, 0.4) is 0 Å². The molecule has 1 heteroatoms. The van der Waals surface area contributed by atoms with Gasteiger partial charge in [0.2, 0.25) is 0 Å². The minimum atomic E-state index is 0.248. The zero-order chi connectivity index (χ0) is 13.1. The van der Waals surface area contributed by atoms with Crippen LogP contribution >= 0.6 is 0 Å². The highest BCUT2D eigenvalue weighted by Crippen LogP contribution is 2.32. The maximum Gasteiger partial charge on any atom is 0.185 e. The van der Waals surface area contributed by atoms with E-state index in [1.54, 1.807) is 0 Å². The third-order valence-corrected chi connectivity index (χ3v) is 3.62. The summed E-state index contributed by atoms with van der Waals surface area (Å²) < 4.78 is 0. The second-order valence-electron chi connectivity index (χ2n) is 5.26. The quantitative estimate of drug-likeness (QED) is 0.665. The first-order valence-corrected chi connectivity index (χ1v) is 6.57. The zero-order valence-corrected chi connectivity index (χ0v) is 11.4. The number of ketones is 1. The van der Waals surface area contributed by atoms with Crippen LogP contribution in [0.4, 0.5) is 0 Å². The fraction of sp³-hybridized carbons (Fsp3) is 0.353. The number of hydrogen-bond donors (Lipinski definition) is 0. The SMILES string of the molecule is CC(C)=C1CC[C@H](C)/C(=C\c2ccccc2)C1=O. The lowest BCUT2D eigenvalue weighted by Crippen LogP contribution is -2.20. The third kappa shape index (κ3) is 2.61. The van der Waals surface area contributed by atoms with Gasteiger partial charge in [0.05, 0.1) is 0 Å². The maximum atomic E-state index is 12.5. The molecule has 0 heterocycles. The minimum Gasteiger partial charge on any atom is -0.289 e. The molecule has 1 aliphatic carbocycles. The number of allylic oxidation sites excluding steroid dienone is 3. The normalized spacial score (nSPS) is 22.4. The van der Waals surface area contributed by atoms with E-state index in [9.17, 15) is 4.79 Å². The van der Waals surface area contributed by atoms with Gasteiger partial charge in [-0.05, 0) is 49.8 Å². The van der Waals surface area contributed by atoms with Gasteiger partial charge in [-0.25, -0.2) is 0 Å². The van der Waals surface area contributed by atoms with E-state index in [4.69, 9.17) is 0 Å². The van der Waals surface area contributed by atoms with Gasteiger partial charge in [0, 0.05) is 5.57 Å². The van der Waals surface area contributed by atoms with Gasteiger partial charge in [0.15, 0.2) is 5.78 Å². The molecule has 0 aliphatic heterocycles. The molecule has 1 nitrogen and oxygen atoms in total. The molecule has 1 atom stereocenters. The fourth-order valence-electron chi connectivity index (χ4n) is 2.44. The largest absolute Gasteiger partial charge is 0.289 e.